The SMILES string of the molecule is Cn1cnnc1SCc1ccc(/C(N)=N/O)cc1F. The second-order valence-corrected chi connectivity index (χ2v) is 4.75. The molecule has 1 heterocycles. The molecule has 0 saturated heterocycles. The Balaban J connectivity index is 2.12. The van der Waals surface area contributed by atoms with Crippen LogP contribution in [0.2, 0.25) is 0 Å². The summed E-state index contributed by atoms with van der Waals surface area (Å²) in [7, 11) is 1.82. The minimum atomic E-state index is -0.404. The Labute approximate surface area is 113 Å². The molecule has 1 aromatic heterocycles. The Morgan fingerprint density at radius 3 is 2.95 bits per heavy atom. The van der Waals surface area contributed by atoms with Crippen LogP contribution in [0.15, 0.2) is 34.8 Å². The number of oxime groups is 1. The van der Waals surface area contributed by atoms with Crippen LogP contribution in [0.3, 0.4) is 0 Å². The number of hydrogen-bond acceptors (Lipinski definition) is 5. The summed E-state index contributed by atoms with van der Waals surface area (Å²) in [4.78, 5) is 0. The van der Waals surface area contributed by atoms with E-state index in [1.54, 1.807) is 23.0 Å². The van der Waals surface area contributed by atoms with Gasteiger partial charge in [-0.25, -0.2) is 4.39 Å². The van der Waals surface area contributed by atoms with E-state index in [9.17, 15) is 4.39 Å². The minimum absolute atomic E-state index is 0.119. The number of halogens is 1. The van der Waals surface area contributed by atoms with Crippen LogP contribution in [-0.2, 0) is 12.8 Å². The van der Waals surface area contributed by atoms with E-state index < -0.39 is 5.82 Å². The third-order valence-corrected chi connectivity index (χ3v) is 3.57. The monoisotopic (exact) mass is 281 g/mol. The first-order chi connectivity index (χ1) is 9.11. The molecule has 0 atom stereocenters. The zero-order chi connectivity index (χ0) is 13.8. The molecule has 2 aromatic rings. The van der Waals surface area contributed by atoms with E-state index in [4.69, 9.17) is 10.9 Å². The average molecular weight is 281 g/mol. The fraction of sp³-hybridized carbons (Fsp3) is 0.182. The van der Waals surface area contributed by atoms with Crippen molar-refractivity contribution in [3.8, 4) is 0 Å². The highest BCUT2D eigenvalue weighted by Crippen LogP contribution is 2.22. The van der Waals surface area contributed by atoms with Gasteiger partial charge in [-0.3, -0.25) is 0 Å². The number of nitrogens with two attached hydrogens (primary N) is 1. The average Bonchev–Trinajstić information content (AvgIpc) is 2.82. The van der Waals surface area contributed by atoms with Crippen LogP contribution in [0.1, 0.15) is 11.1 Å². The number of thioether (sulfide) groups is 1. The third kappa shape index (κ3) is 3.02. The molecule has 0 radical (unpaired) electrons. The van der Waals surface area contributed by atoms with Gasteiger partial charge in [-0.1, -0.05) is 29.1 Å². The van der Waals surface area contributed by atoms with Gasteiger partial charge in [-0.2, -0.15) is 0 Å². The molecular formula is C11H12FN5OS. The van der Waals surface area contributed by atoms with E-state index in [2.05, 4.69) is 15.4 Å². The van der Waals surface area contributed by atoms with Crippen molar-refractivity contribution in [1.29, 1.82) is 0 Å². The quantitative estimate of drug-likeness (QED) is 0.290. The van der Waals surface area contributed by atoms with E-state index in [0.29, 0.717) is 22.0 Å². The molecule has 3 N–H and O–H groups in total. The first-order valence-corrected chi connectivity index (χ1v) is 6.33. The number of amidine groups is 1. The zero-order valence-electron chi connectivity index (χ0n) is 10.1. The van der Waals surface area contributed by atoms with Crippen molar-refractivity contribution in [3.05, 3.63) is 41.5 Å². The van der Waals surface area contributed by atoms with Crippen molar-refractivity contribution in [1.82, 2.24) is 14.8 Å². The van der Waals surface area contributed by atoms with E-state index >= 15 is 0 Å². The third-order valence-electron chi connectivity index (χ3n) is 2.48. The Bertz CT molecular complexity index is 613. The van der Waals surface area contributed by atoms with Gasteiger partial charge in [0.15, 0.2) is 11.0 Å². The predicted molar refractivity (Wildman–Crippen MR) is 69.5 cm³/mol. The van der Waals surface area contributed by atoms with Crippen LogP contribution in [0.25, 0.3) is 0 Å². The van der Waals surface area contributed by atoms with Crippen LogP contribution in [0.4, 0.5) is 4.39 Å². The van der Waals surface area contributed by atoms with E-state index in [0.717, 1.165) is 0 Å². The van der Waals surface area contributed by atoms with Gasteiger partial charge in [0.05, 0.1) is 0 Å². The Morgan fingerprint density at radius 2 is 2.37 bits per heavy atom. The van der Waals surface area contributed by atoms with Gasteiger partial charge in [0.25, 0.3) is 0 Å². The van der Waals surface area contributed by atoms with Gasteiger partial charge < -0.3 is 15.5 Å². The summed E-state index contributed by atoms with van der Waals surface area (Å²) < 4.78 is 15.6. The van der Waals surface area contributed by atoms with E-state index in [1.807, 2.05) is 7.05 Å². The van der Waals surface area contributed by atoms with Crippen LogP contribution in [0, 0.1) is 5.82 Å². The van der Waals surface area contributed by atoms with Gasteiger partial charge in [-0.15, -0.1) is 10.2 Å². The van der Waals surface area contributed by atoms with Crippen molar-refractivity contribution >= 4 is 17.6 Å². The molecule has 0 amide bonds. The molecule has 0 fully saturated rings. The van der Waals surface area contributed by atoms with Crippen LogP contribution in [0.5, 0.6) is 0 Å². The number of aromatic nitrogens is 3. The van der Waals surface area contributed by atoms with Crippen LogP contribution < -0.4 is 5.73 Å². The van der Waals surface area contributed by atoms with Crippen molar-refractivity contribution in [2.75, 3.05) is 0 Å². The standard InChI is InChI=1S/C11H12FN5OS/c1-17-6-14-15-11(17)19-5-8-3-2-7(4-9(8)12)10(13)16-18/h2-4,6,18H,5H2,1H3,(H2,13,16). The van der Waals surface area contributed by atoms with Crippen molar-refractivity contribution in [3.63, 3.8) is 0 Å². The summed E-state index contributed by atoms with van der Waals surface area (Å²) in [5.41, 5.74) is 6.25. The maximum Gasteiger partial charge on any atom is 0.191 e. The predicted octanol–water partition coefficient (Wildman–Crippen LogP) is 1.34. The molecule has 0 saturated carbocycles. The lowest BCUT2D eigenvalue weighted by Crippen LogP contribution is -2.13. The van der Waals surface area contributed by atoms with Crippen molar-refractivity contribution in [2.24, 2.45) is 17.9 Å². The lowest BCUT2D eigenvalue weighted by molar-refractivity contribution is 0.318. The molecule has 1 aromatic carbocycles. The molecule has 19 heavy (non-hydrogen) atoms. The van der Waals surface area contributed by atoms with Crippen LogP contribution >= 0.6 is 11.8 Å². The highest BCUT2D eigenvalue weighted by molar-refractivity contribution is 7.98. The first kappa shape index (κ1) is 13.3. The number of nitrogens with zero attached hydrogens (tertiary/aromatic N) is 4. The lowest BCUT2D eigenvalue weighted by atomic mass is 10.1. The van der Waals surface area contributed by atoms with E-state index in [1.165, 1.54) is 17.8 Å². The highest BCUT2D eigenvalue weighted by atomic mass is 32.2. The topological polar surface area (TPSA) is 89.3 Å². The van der Waals surface area contributed by atoms with Gasteiger partial charge in [0.2, 0.25) is 0 Å². The normalized spacial score (nSPS) is 11.8. The lowest BCUT2D eigenvalue weighted by Gasteiger charge is -2.05. The van der Waals surface area contributed by atoms with Gasteiger partial charge >= 0.3 is 0 Å². The summed E-state index contributed by atoms with van der Waals surface area (Å²) in [6, 6.07) is 4.44. The number of rotatable bonds is 4. The Morgan fingerprint density at radius 1 is 1.58 bits per heavy atom. The maximum atomic E-state index is 13.8. The molecule has 6 nitrogen and oxygen atoms in total. The summed E-state index contributed by atoms with van der Waals surface area (Å²) in [5.74, 6) is -0.0976. The largest absolute Gasteiger partial charge is 0.409 e. The summed E-state index contributed by atoms with van der Waals surface area (Å²) in [6.07, 6.45) is 1.58. The minimum Gasteiger partial charge on any atom is -0.409 e. The summed E-state index contributed by atoms with van der Waals surface area (Å²) in [6.45, 7) is 0. The molecule has 100 valence electrons. The molecular weight excluding hydrogens is 269 g/mol. The molecule has 0 aliphatic rings. The van der Waals surface area contributed by atoms with E-state index in [-0.39, 0.29) is 5.84 Å². The second kappa shape index (κ2) is 5.70. The second-order valence-electron chi connectivity index (χ2n) is 3.80. The molecule has 0 unspecified atom stereocenters. The maximum absolute atomic E-state index is 13.8. The first-order valence-electron chi connectivity index (χ1n) is 5.35. The number of aryl methyl sites for hydroxylation is 1. The molecule has 0 aliphatic carbocycles. The summed E-state index contributed by atoms with van der Waals surface area (Å²) in [5, 5.41) is 19.7. The fourth-order valence-electron chi connectivity index (χ4n) is 1.43. The van der Waals surface area contributed by atoms with Gasteiger partial charge in [-0.05, 0) is 11.6 Å². The van der Waals surface area contributed by atoms with Crippen LogP contribution in [-0.4, -0.2) is 25.8 Å². The smallest absolute Gasteiger partial charge is 0.191 e. The molecule has 0 spiro atoms. The molecule has 8 heteroatoms. The Kier molecular flexibility index (Phi) is 4.00. The van der Waals surface area contributed by atoms with Gasteiger partial charge in [0.1, 0.15) is 12.1 Å². The molecule has 0 bridgehead atoms. The zero-order valence-corrected chi connectivity index (χ0v) is 10.9. The number of benzene rings is 1. The highest BCUT2D eigenvalue weighted by Gasteiger charge is 2.08. The molecule has 0 aliphatic heterocycles. The van der Waals surface area contributed by atoms with Crippen molar-refractivity contribution in [2.45, 2.75) is 10.9 Å². The fourth-order valence-corrected chi connectivity index (χ4v) is 2.30. The summed E-state index contributed by atoms with van der Waals surface area (Å²) >= 11 is 1.38. The number of hydrogen-bond donors (Lipinski definition) is 2. The van der Waals surface area contributed by atoms with Gasteiger partial charge in [0, 0.05) is 18.4 Å². The van der Waals surface area contributed by atoms with Crippen molar-refractivity contribution < 1.29 is 9.60 Å². The Hall–Kier alpha value is -2.09. The molecule has 2 rings (SSSR count).